The zero-order valence-electron chi connectivity index (χ0n) is 10.5. The maximum atomic E-state index is 12.1. The van der Waals surface area contributed by atoms with Crippen LogP contribution in [0, 0.1) is 5.92 Å². The van der Waals surface area contributed by atoms with Crippen molar-refractivity contribution in [2.24, 2.45) is 11.7 Å². The fourth-order valence-corrected chi connectivity index (χ4v) is 2.02. The Morgan fingerprint density at radius 2 is 2.22 bits per heavy atom. The van der Waals surface area contributed by atoms with Gasteiger partial charge in [0, 0.05) is 6.07 Å². The average molecular weight is 269 g/mol. The molecule has 1 amide bonds. The van der Waals surface area contributed by atoms with Crippen LogP contribution in [0.4, 0.5) is 5.69 Å². The first-order chi connectivity index (χ1) is 8.45. The Labute approximate surface area is 111 Å². The van der Waals surface area contributed by atoms with Crippen LogP contribution in [0.2, 0.25) is 5.02 Å². The normalized spacial score (nSPS) is 18.0. The van der Waals surface area contributed by atoms with Crippen LogP contribution in [0.1, 0.15) is 19.8 Å². The molecular weight excluding hydrogens is 252 g/mol. The van der Waals surface area contributed by atoms with Crippen LogP contribution in [0.3, 0.4) is 0 Å². The van der Waals surface area contributed by atoms with Crippen molar-refractivity contribution in [1.82, 2.24) is 0 Å². The van der Waals surface area contributed by atoms with Crippen LogP contribution >= 0.6 is 11.6 Å². The molecule has 1 saturated carbocycles. The molecule has 1 aliphatic carbocycles. The number of anilines is 1. The summed E-state index contributed by atoms with van der Waals surface area (Å²) in [6, 6.07) is 5.10. The van der Waals surface area contributed by atoms with E-state index in [1.165, 1.54) is 0 Å². The van der Waals surface area contributed by atoms with Crippen molar-refractivity contribution >= 4 is 23.2 Å². The second-order valence-corrected chi connectivity index (χ2v) is 5.26. The minimum atomic E-state index is -0.841. The van der Waals surface area contributed by atoms with Crippen molar-refractivity contribution in [3.63, 3.8) is 0 Å². The number of rotatable bonds is 4. The minimum absolute atomic E-state index is 0.208. The van der Waals surface area contributed by atoms with E-state index < -0.39 is 5.54 Å². The summed E-state index contributed by atoms with van der Waals surface area (Å²) in [5, 5.41) is 3.24. The van der Waals surface area contributed by atoms with Gasteiger partial charge in [-0.15, -0.1) is 0 Å². The van der Waals surface area contributed by atoms with E-state index >= 15 is 0 Å². The monoisotopic (exact) mass is 268 g/mol. The molecule has 1 aromatic carbocycles. The van der Waals surface area contributed by atoms with Crippen LogP contribution < -0.4 is 15.8 Å². The summed E-state index contributed by atoms with van der Waals surface area (Å²) >= 11 is 6.03. The van der Waals surface area contributed by atoms with Gasteiger partial charge in [-0.2, -0.15) is 0 Å². The van der Waals surface area contributed by atoms with Crippen LogP contribution in [0.5, 0.6) is 5.75 Å². The number of ether oxygens (including phenoxy) is 1. The number of hydrogen-bond acceptors (Lipinski definition) is 3. The molecular formula is C13H17ClN2O2. The molecule has 0 spiro atoms. The molecule has 1 unspecified atom stereocenters. The zero-order valence-corrected chi connectivity index (χ0v) is 11.3. The van der Waals surface area contributed by atoms with E-state index in [1.54, 1.807) is 32.2 Å². The Kier molecular flexibility index (Phi) is 3.50. The first-order valence-electron chi connectivity index (χ1n) is 5.89. The van der Waals surface area contributed by atoms with Crippen LogP contribution in [0.15, 0.2) is 18.2 Å². The molecule has 4 nitrogen and oxygen atoms in total. The maximum absolute atomic E-state index is 12.1. The van der Waals surface area contributed by atoms with Gasteiger partial charge in [0.05, 0.1) is 23.4 Å². The molecule has 0 radical (unpaired) electrons. The Morgan fingerprint density at radius 1 is 1.56 bits per heavy atom. The highest BCUT2D eigenvalue weighted by molar-refractivity contribution is 6.33. The third-order valence-electron chi connectivity index (χ3n) is 3.34. The van der Waals surface area contributed by atoms with Crippen molar-refractivity contribution < 1.29 is 9.53 Å². The third kappa shape index (κ3) is 2.60. The summed E-state index contributed by atoms with van der Waals surface area (Å²) in [6.45, 7) is 1.76. The zero-order chi connectivity index (χ0) is 13.3. The van der Waals surface area contributed by atoms with Crippen molar-refractivity contribution in [1.29, 1.82) is 0 Å². The predicted molar refractivity (Wildman–Crippen MR) is 72.0 cm³/mol. The largest absolute Gasteiger partial charge is 0.497 e. The highest BCUT2D eigenvalue weighted by Crippen LogP contribution is 2.39. The number of benzene rings is 1. The molecule has 1 atom stereocenters. The topological polar surface area (TPSA) is 64.3 Å². The standard InChI is InChI=1S/C13H17ClN2O2/c1-13(15,8-3-4-8)12(17)16-11-7-9(18-2)5-6-10(11)14/h5-8H,3-4,15H2,1-2H3,(H,16,17). The fraction of sp³-hybridized carbons (Fsp3) is 0.462. The number of nitrogens with two attached hydrogens (primary N) is 1. The van der Waals surface area contributed by atoms with E-state index in [2.05, 4.69) is 5.32 Å². The maximum Gasteiger partial charge on any atom is 0.244 e. The molecule has 0 bridgehead atoms. The highest BCUT2D eigenvalue weighted by Gasteiger charge is 2.44. The number of hydrogen-bond donors (Lipinski definition) is 2. The van der Waals surface area contributed by atoms with E-state index in [-0.39, 0.29) is 11.8 Å². The lowest BCUT2D eigenvalue weighted by Crippen LogP contribution is -2.50. The van der Waals surface area contributed by atoms with Crippen LogP contribution in [-0.4, -0.2) is 18.6 Å². The van der Waals surface area contributed by atoms with Gasteiger partial charge in [-0.05, 0) is 37.8 Å². The molecule has 0 saturated heterocycles. The van der Waals surface area contributed by atoms with Crippen LogP contribution in [-0.2, 0) is 4.79 Å². The SMILES string of the molecule is COc1ccc(Cl)c(NC(=O)C(C)(N)C2CC2)c1. The van der Waals surface area contributed by atoms with E-state index in [4.69, 9.17) is 22.1 Å². The lowest BCUT2D eigenvalue weighted by Gasteiger charge is -2.23. The summed E-state index contributed by atoms with van der Waals surface area (Å²) in [5.74, 6) is 0.696. The van der Waals surface area contributed by atoms with Gasteiger partial charge in [-0.1, -0.05) is 11.6 Å². The second-order valence-electron chi connectivity index (χ2n) is 4.86. The molecule has 0 aromatic heterocycles. The summed E-state index contributed by atoms with van der Waals surface area (Å²) < 4.78 is 5.10. The molecule has 0 aliphatic heterocycles. The summed E-state index contributed by atoms with van der Waals surface area (Å²) in [5.41, 5.74) is 5.73. The number of halogens is 1. The van der Waals surface area contributed by atoms with Gasteiger partial charge in [-0.3, -0.25) is 4.79 Å². The number of carbonyl (C=O) groups is 1. The molecule has 98 valence electrons. The number of amides is 1. The number of nitrogens with one attached hydrogen (secondary N) is 1. The molecule has 2 rings (SSSR count). The Morgan fingerprint density at radius 3 is 2.78 bits per heavy atom. The van der Waals surface area contributed by atoms with Crippen molar-refractivity contribution in [3.8, 4) is 5.75 Å². The van der Waals surface area contributed by atoms with Gasteiger partial charge in [0.25, 0.3) is 0 Å². The molecule has 18 heavy (non-hydrogen) atoms. The van der Waals surface area contributed by atoms with E-state index in [9.17, 15) is 4.79 Å². The van der Waals surface area contributed by atoms with Crippen molar-refractivity contribution in [2.75, 3.05) is 12.4 Å². The third-order valence-corrected chi connectivity index (χ3v) is 3.67. The van der Waals surface area contributed by atoms with E-state index in [1.807, 2.05) is 0 Å². The Bertz CT molecular complexity index is 470. The number of carbonyl (C=O) groups excluding carboxylic acids is 1. The van der Waals surface area contributed by atoms with Gasteiger partial charge in [0.2, 0.25) is 5.91 Å². The summed E-state index contributed by atoms with van der Waals surface area (Å²) in [6.07, 6.45) is 2.01. The van der Waals surface area contributed by atoms with Crippen molar-refractivity contribution in [3.05, 3.63) is 23.2 Å². The minimum Gasteiger partial charge on any atom is -0.497 e. The van der Waals surface area contributed by atoms with Gasteiger partial charge in [0.1, 0.15) is 5.75 Å². The van der Waals surface area contributed by atoms with Crippen LogP contribution in [0.25, 0.3) is 0 Å². The van der Waals surface area contributed by atoms with E-state index in [0.29, 0.717) is 16.5 Å². The Hall–Kier alpha value is -1.26. The fourth-order valence-electron chi connectivity index (χ4n) is 1.85. The quantitative estimate of drug-likeness (QED) is 0.881. The summed E-state index contributed by atoms with van der Waals surface area (Å²) in [7, 11) is 1.56. The van der Waals surface area contributed by atoms with Gasteiger partial charge in [0.15, 0.2) is 0 Å². The van der Waals surface area contributed by atoms with Crippen molar-refractivity contribution in [2.45, 2.75) is 25.3 Å². The molecule has 0 heterocycles. The molecule has 3 N–H and O–H groups in total. The second kappa shape index (κ2) is 4.78. The Balaban J connectivity index is 2.15. The van der Waals surface area contributed by atoms with Gasteiger partial charge < -0.3 is 15.8 Å². The molecule has 1 fully saturated rings. The smallest absolute Gasteiger partial charge is 0.244 e. The highest BCUT2D eigenvalue weighted by atomic mass is 35.5. The van der Waals surface area contributed by atoms with Gasteiger partial charge >= 0.3 is 0 Å². The van der Waals surface area contributed by atoms with E-state index in [0.717, 1.165) is 12.8 Å². The van der Waals surface area contributed by atoms with Gasteiger partial charge in [-0.25, -0.2) is 0 Å². The lowest BCUT2D eigenvalue weighted by molar-refractivity contribution is -0.121. The summed E-state index contributed by atoms with van der Waals surface area (Å²) in [4.78, 5) is 12.1. The first kappa shape index (κ1) is 13.2. The molecule has 1 aromatic rings. The lowest BCUT2D eigenvalue weighted by atomic mass is 9.96. The predicted octanol–water partition coefficient (Wildman–Crippen LogP) is 2.41. The first-order valence-corrected chi connectivity index (χ1v) is 6.27. The molecule has 5 heteroatoms. The number of methoxy groups -OCH3 is 1. The molecule has 1 aliphatic rings. The average Bonchev–Trinajstić information content (AvgIpc) is 3.16.